The van der Waals surface area contributed by atoms with Crippen molar-refractivity contribution >= 4 is 31.3 Å². The van der Waals surface area contributed by atoms with Gasteiger partial charge in [-0.05, 0) is 68.8 Å². The molecule has 11 nitrogen and oxygen atoms in total. The van der Waals surface area contributed by atoms with Gasteiger partial charge in [-0.2, -0.15) is 0 Å². The first kappa shape index (κ1) is 35.6. The van der Waals surface area contributed by atoms with Crippen molar-refractivity contribution in [2.24, 2.45) is 11.8 Å². The number of fused-ring (bicyclic) bond motifs is 4. The van der Waals surface area contributed by atoms with Crippen LogP contribution in [-0.2, 0) is 4.74 Å². The fourth-order valence-corrected chi connectivity index (χ4v) is 8.53. The third-order valence-corrected chi connectivity index (χ3v) is 12.3. The molecule has 3 aromatic rings. The lowest BCUT2D eigenvalue weighted by atomic mass is 9.79. The van der Waals surface area contributed by atoms with Crippen LogP contribution >= 0.6 is 23.2 Å². The zero-order chi connectivity index (χ0) is 34.0. The largest absolute Gasteiger partial charge is 0.365 e. The number of aromatic nitrogens is 5. The Balaban J connectivity index is 1.28. The van der Waals surface area contributed by atoms with Crippen LogP contribution in [0.25, 0.3) is 16.9 Å². The molecule has 262 valence electrons. The van der Waals surface area contributed by atoms with E-state index in [9.17, 15) is 4.79 Å². The minimum absolute atomic E-state index is 0.0658. The summed E-state index contributed by atoms with van der Waals surface area (Å²) in [7, 11) is -1.18. The van der Waals surface area contributed by atoms with Gasteiger partial charge in [0.05, 0.1) is 40.5 Å². The molecule has 3 fully saturated rings. The molecule has 3 aliphatic rings. The lowest BCUT2D eigenvalue weighted by Gasteiger charge is -2.42. The lowest BCUT2D eigenvalue weighted by molar-refractivity contribution is -0.0232. The molecule has 15 heteroatoms. The maximum atomic E-state index is 15.6. The van der Waals surface area contributed by atoms with Crippen LogP contribution < -0.4 is 21.6 Å². The van der Waals surface area contributed by atoms with E-state index in [1.807, 2.05) is 0 Å². The molecule has 6 atom stereocenters. The van der Waals surface area contributed by atoms with Gasteiger partial charge in [-0.3, -0.25) is 14.8 Å². The molecular weight excluding hydrogens is 672 g/mol. The van der Waals surface area contributed by atoms with E-state index in [0.29, 0.717) is 30.3 Å². The molecular formula is C33H48Cl2FN9O2Si. The minimum atomic E-state index is -1.18. The molecule has 5 heterocycles. The van der Waals surface area contributed by atoms with Crippen molar-refractivity contribution in [1.82, 2.24) is 45.6 Å². The van der Waals surface area contributed by atoms with Crippen molar-refractivity contribution < 1.29 is 9.13 Å². The summed E-state index contributed by atoms with van der Waals surface area (Å²) in [5.41, 5.74) is 3.99. The molecule has 4 unspecified atom stereocenters. The Hall–Kier alpha value is -2.23. The van der Waals surface area contributed by atoms with Crippen molar-refractivity contribution in [2.45, 2.75) is 88.9 Å². The van der Waals surface area contributed by atoms with Crippen molar-refractivity contribution in [3.05, 3.63) is 57.1 Å². The molecule has 2 aromatic heterocycles. The van der Waals surface area contributed by atoms with Gasteiger partial charge in [-0.25, -0.2) is 19.1 Å². The van der Waals surface area contributed by atoms with E-state index in [4.69, 9.17) is 27.9 Å². The molecule has 0 amide bonds. The zero-order valence-electron chi connectivity index (χ0n) is 28.3. The molecule has 1 aromatic carbocycles. The number of hydrogen-bond donors (Lipinski definition) is 3. The number of piperidine rings is 1. The highest BCUT2D eigenvalue weighted by Crippen LogP contribution is 2.35. The lowest BCUT2D eigenvalue weighted by Crippen LogP contribution is -2.55. The number of hydrogen-bond acceptors (Lipinski definition) is 9. The summed E-state index contributed by atoms with van der Waals surface area (Å²) >= 11 is 12.2. The van der Waals surface area contributed by atoms with Gasteiger partial charge in [0.15, 0.2) is 11.0 Å². The zero-order valence-corrected chi connectivity index (χ0v) is 30.8. The van der Waals surface area contributed by atoms with Crippen LogP contribution in [0, 0.1) is 17.7 Å². The molecule has 0 aliphatic carbocycles. The van der Waals surface area contributed by atoms with Crippen LogP contribution in [0.4, 0.5) is 4.39 Å². The Bertz CT molecular complexity index is 1620. The average Bonchev–Trinajstić information content (AvgIpc) is 3.67. The van der Waals surface area contributed by atoms with Gasteiger partial charge in [-0.15, -0.1) is 5.10 Å². The van der Waals surface area contributed by atoms with Crippen LogP contribution in [0.3, 0.4) is 0 Å². The van der Waals surface area contributed by atoms with Crippen LogP contribution in [0.5, 0.6) is 0 Å². The monoisotopic (exact) mass is 719 g/mol. The van der Waals surface area contributed by atoms with Gasteiger partial charge in [0, 0.05) is 45.4 Å². The van der Waals surface area contributed by atoms with E-state index in [0.717, 1.165) is 64.4 Å². The number of halogens is 3. The Morgan fingerprint density at radius 1 is 1.10 bits per heavy atom. The quantitative estimate of drug-likeness (QED) is 0.216. The van der Waals surface area contributed by atoms with Crippen LogP contribution in [-0.4, -0.2) is 88.7 Å². The Kier molecular flexibility index (Phi) is 11.4. The van der Waals surface area contributed by atoms with Crippen molar-refractivity contribution in [3.8, 4) is 16.9 Å². The molecule has 0 saturated carbocycles. The molecule has 3 aliphatic heterocycles. The number of nitrogens with one attached hydrogen (secondary N) is 3. The Morgan fingerprint density at radius 2 is 1.94 bits per heavy atom. The number of ether oxygens (including phenoxy) is 1. The number of benzene rings is 1. The molecule has 3 N–H and O–H groups in total. The third-order valence-electron chi connectivity index (χ3n) is 10.1. The standard InChI is InChI=1S/C33H48Cl2FN9O2Si/c1-21-6-5-7-27(24-14-22(10-11-37-24)33-26(38-16-21)17-40-45(33)20-47-12-13-48(2,3)4)43-19-39-25(15-30(43)46)31-28(9-8-23(34)32(31)36)44-18-29(35)41-42-44/h8-9,15,18-19,21-22,24,26-27,33,37-38,40H,5-7,10-14,16-17,20H2,1-4H3/t21-,22?,24?,26?,27+,33?/m1/s1. The fraction of sp³-hybridized carbons (Fsp3) is 0.636. The van der Waals surface area contributed by atoms with Crippen LogP contribution in [0.2, 0.25) is 35.9 Å². The van der Waals surface area contributed by atoms with Crippen molar-refractivity contribution in [2.75, 3.05) is 33.0 Å². The van der Waals surface area contributed by atoms with Crippen LogP contribution in [0.15, 0.2) is 35.5 Å². The maximum Gasteiger partial charge on any atom is 0.254 e. The summed E-state index contributed by atoms with van der Waals surface area (Å²) in [4.78, 5) is 18.6. The predicted octanol–water partition coefficient (Wildman–Crippen LogP) is 5.13. The second kappa shape index (κ2) is 15.3. The van der Waals surface area contributed by atoms with Gasteiger partial charge >= 0.3 is 0 Å². The number of nitrogens with zero attached hydrogens (tertiary/aromatic N) is 6. The van der Waals surface area contributed by atoms with E-state index < -0.39 is 13.9 Å². The summed E-state index contributed by atoms with van der Waals surface area (Å²) in [5, 5.41) is 17.9. The summed E-state index contributed by atoms with van der Waals surface area (Å²) in [6, 6.07) is 6.16. The third kappa shape index (κ3) is 8.21. The smallest absolute Gasteiger partial charge is 0.254 e. The normalized spacial score (nSPS) is 27.3. The van der Waals surface area contributed by atoms with Crippen molar-refractivity contribution in [1.29, 1.82) is 0 Å². The SMILES string of the molecule is C[C@@H]1CCC[C@H](n2cnc(-c3c(-n4cc(Cl)nn4)ccc(Cl)c3F)cc2=O)C2CC(CCN2)C2C(CNN2COCC[Si](C)(C)C)NC1. The van der Waals surface area contributed by atoms with Crippen LogP contribution in [0.1, 0.15) is 45.1 Å². The molecule has 3 saturated heterocycles. The summed E-state index contributed by atoms with van der Waals surface area (Å²) in [6.45, 7) is 13.5. The second-order valence-electron chi connectivity index (χ2n) is 14.9. The number of rotatable bonds is 8. The van der Waals surface area contributed by atoms with Gasteiger partial charge in [0.25, 0.3) is 5.56 Å². The summed E-state index contributed by atoms with van der Waals surface area (Å²) < 4.78 is 24.9. The van der Waals surface area contributed by atoms with Gasteiger partial charge in [0.2, 0.25) is 0 Å². The van der Waals surface area contributed by atoms with E-state index in [1.54, 1.807) is 17.0 Å². The fourth-order valence-electron chi connectivity index (χ4n) is 7.49. The van der Waals surface area contributed by atoms with E-state index >= 15 is 4.39 Å². The predicted molar refractivity (Wildman–Crippen MR) is 190 cm³/mol. The summed E-state index contributed by atoms with van der Waals surface area (Å²) in [6.07, 6.45) is 7.86. The van der Waals surface area contributed by atoms with Gasteiger partial charge in [0.1, 0.15) is 6.73 Å². The minimum Gasteiger partial charge on any atom is -0.365 e. The molecule has 0 radical (unpaired) electrons. The molecule has 2 bridgehead atoms. The highest BCUT2D eigenvalue weighted by atomic mass is 35.5. The first-order valence-corrected chi connectivity index (χ1v) is 21.6. The second-order valence-corrected chi connectivity index (χ2v) is 21.3. The van der Waals surface area contributed by atoms with Crippen molar-refractivity contribution in [3.63, 3.8) is 0 Å². The van der Waals surface area contributed by atoms with E-state index in [1.165, 1.54) is 23.0 Å². The highest BCUT2D eigenvalue weighted by molar-refractivity contribution is 6.76. The molecule has 0 spiro atoms. The number of hydrazine groups is 1. The Morgan fingerprint density at radius 3 is 2.69 bits per heavy atom. The topological polar surface area (TPSA) is 114 Å². The Labute approximate surface area is 292 Å². The maximum absolute atomic E-state index is 15.6. The van der Waals surface area contributed by atoms with E-state index in [-0.39, 0.29) is 45.1 Å². The summed E-state index contributed by atoms with van der Waals surface area (Å²) in [5.74, 6) is 0.207. The first-order valence-electron chi connectivity index (χ1n) is 17.2. The van der Waals surface area contributed by atoms with Gasteiger partial charge < -0.3 is 15.4 Å². The molecule has 6 rings (SSSR count). The average molecular weight is 721 g/mol. The van der Waals surface area contributed by atoms with Gasteiger partial charge in [-0.1, -0.05) is 61.4 Å². The highest BCUT2D eigenvalue weighted by Gasteiger charge is 2.43. The first-order chi connectivity index (χ1) is 23.0. The molecule has 48 heavy (non-hydrogen) atoms. The van der Waals surface area contributed by atoms with E-state index in [2.05, 4.69) is 62.9 Å².